The third kappa shape index (κ3) is 4.28. The van der Waals surface area contributed by atoms with Gasteiger partial charge in [-0.3, -0.25) is 9.59 Å². The normalized spacial score (nSPS) is 15.2. The van der Waals surface area contributed by atoms with Crippen LogP contribution in [0, 0.1) is 20.8 Å². The summed E-state index contributed by atoms with van der Waals surface area (Å²) in [4.78, 5) is 27.9. The van der Waals surface area contributed by atoms with Gasteiger partial charge in [0.05, 0.1) is 0 Å². The number of ether oxygens (including phenoxy) is 1. The summed E-state index contributed by atoms with van der Waals surface area (Å²) in [5.41, 5.74) is 3.28. The molecule has 24 heavy (non-hydrogen) atoms. The van der Waals surface area contributed by atoms with Crippen molar-refractivity contribution in [2.45, 2.75) is 40.5 Å². The molecule has 1 aliphatic rings. The van der Waals surface area contributed by atoms with Crippen molar-refractivity contribution in [3.05, 3.63) is 28.8 Å². The molecule has 1 fully saturated rings. The summed E-state index contributed by atoms with van der Waals surface area (Å²) < 4.78 is 5.83. The summed E-state index contributed by atoms with van der Waals surface area (Å²) in [7, 11) is 0. The summed E-state index contributed by atoms with van der Waals surface area (Å²) >= 11 is 0. The van der Waals surface area contributed by atoms with E-state index in [0.29, 0.717) is 26.1 Å². The zero-order valence-electron chi connectivity index (χ0n) is 15.2. The van der Waals surface area contributed by atoms with Crippen LogP contribution in [0.3, 0.4) is 0 Å². The van der Waals surface area contributed by atoms with Gasteiger partial charge in [0.15, 0.2) is 6.61 Å². The molecule has 0 radical (unpaired) electrons. The highest BCUT2D eigenvalue weighted by Gasteiger charge is 2.21. The van der Waals surface area contributed by atoms with E-state index in [2.05, 4.69) is 6.07 Å². The van der Waals surface area contributed by atoms with E-state index in [0.717, 1.165) is 35.4 Å². The number of nitrogens with zero attached hydrogens (tertiary/aromatic N) is 2. The smallest absolute Gasteiger partial charge is 0.260 e. The van der Waals surface area contributed by atoms with Gasteiger partial charge in [-0.15, -0.1) is 0 Å². The maximum Gasteiger partial charge on any atom is 0.260 e. The minimum Gasteiger partial charge on any atom is -0.483 e. The molecule has 1 aliphatic heterocycles. The average molecular weight is 332 g/mol. The lowest BCUT2D eigenvalue weighted by atomic mass is 10.1. The Balaban J connectivity index is 1.94. The van der Waals surface area contributed by atoms with Gasteiger partial charge in [0, 0.05) is 32.6 Å². The summed E-state index contributed by atoms with van der Waals surface area (Å²) in [6, 6.07) is 4.08. The molecule has 0 unspecified atom stereocenters. The molecule has 1 heterocycles. The second-order valence-corrected chi connectivity index (χ2v) is 6.41. The lowest BCUT2D eigenvalue weighted by Crippen LogP contribution is -2.39. The highest BCUT2D eigenvalue weighted by atomic mass is 16.5. The zero-order valence-corrected chi connectivity index (χ0v) is 15.2. The van der Waals surface area contributed by atoms with Gasteiger partial charge < -0.3 is 14.5 Å². The second kappa shape index (κ2) is 8.18. The molecule has 0 N–H and O–H groups in total. The van der Waals surface area contributed by atoms with Crippen molar-refractivity contribution in [3.8, 4) is 5.75 Å². The predicted octanol–water partition coefficient (Wildman–Crippen LogP) is 2.46. The molecule has 0 spiro atoms. The van der Waals surface area contributed by atoms with Crippen LogP contribution >= 0.6 is 0 Å². The highest BCUT2D eigenvalue weighted by Crippen LogP contribution is 2.25. The summed E-state index contributed by atoms with van der Waals surface area (Å²) in [6.45, 7) is 10.6. The van der Waals surface area contributed by atoms with E-state index in [9.17, 15) is 9.59 Å². The summed E-state index contributed by atoms with van der Waals surface area (Å²) in [5, 5.41) is 0. The van der Waals surface area contributed by atoms with Crippen molar-refractivity contribution < 1.29 is 14.3 Å². The van der Waals surface area contributed by atoms with Gasteiger partial charge in [0.2, 0.25) is 5.91 Å². The topological polar surface area (TPSA) is 49.9 Å². The van der Waals surface area contributed by atoms with E-state index in [1.54, 1.807) is 0 Å². The minimum atomic E-state index is -0.0129. The molecule has 1 aromatic rings. The highest BCUT2D eigenvalue weighted by molar-refractivity contribution is 5.78. The standard InChI is InChI=1S/C19H28N2O3/c1-5-17(22)20-9-6-10-21(12-11-20)18(23)13-24-19-15(3)8-7-14(2)16(19)4/h7-8H,5-6,9-13H2,1-4H3. The Labute approximate surface area is 144 Å². The number of hydrogen-bond donors (Lipinski definition) is 0. The van der Waals surface area contributed by atoms with Crippen LogP contribution in [0.2, 0.25) is 0 Å². The molecule has 0 aliphatic carbocycles. The molecule has 1 aromatic carbocycles. The van der Waals surface area contributed by atoms with Crippen LogP contribution in [0.1, 0.15) is 36.5 Å². The number of carbonyl (C=O) groups excluding carboxylic acids is 2. The average Bonchev–Trinajstić information content (AvgIpc) is 2.83. The van der Waals surface area contributed by atoms with Crippen LogP contribution in [-0.4, -0.2) is 54.4 Å². The fourth-order valence-electron chi connectivity index (χ4n) is 3.01. The lowest BCUT2D eigenvalue weighted by molar-refractivity contribution is -0.134. The molecule has 5 heteroatoms. The van der Waals surface area contributed by atoms with Gasteiger partial charge in [-0.1, -0.05) is 19.1 Å². The quantitative estimate of drug-likeness (QED) is 0.851. The van der Waals surface area contributed by atoms with Crippen LogP contribution < -0.4 is 4.74 Å². The molecule has 5 nitrogen and oxygen atoms in total. The van der Waals surface area contributed by atoms with Crippen LogP contribution in [0.15, 0.2) is 12.1 Å². The van der Waals surface area contributed by atoms with E-state index in [1.807, 2.05) is 43.6 Å². The Morgan fingerprint density at radius 2 is 1.54 bits per heavy atom. The van der Waals surface area contributed by atoms with E-state index in [4.69, 9.17) is 4.74 Å². The first-order chi connectivity index (χ1) is 11.4. The summed E-state index contributed by atoms with van der Waals surface area (Å²) in [5.74, 6) is 0.952. The van der Waals surface area contributed by atoms with Gasteiger partial charge in [0.1, 0.15) is 5.75 Å². The first kappa shape index (κ1) is 18.3. The van der Waals surface area contributed by atoms with Crippen molar-refractivity contribution in [1.82, 2.24) is 9.80 Å². The van der Waals surface area contributed by atoms with Crippen molar-refractivity contribution >= 4 is 11.8 Å². The first-order valence-electron chi connectivity index (χ1n) is 8.69. The van der Waals surface area contributed by atoms with Crippen LogP contribution in [0.25, 0.3) is 0 Å². The molecule has 0 aromatic heterocycles. The molecule has 0 saturated carbocycles. The van der Waals surface area contributed by atoms with E-state index < -0.39 is 0 Å². The fourth-order valence-corrected chi connectivity index (χ4v) is 3.01. The summed E-state index contributed by atoms with van der Waals surface area (Å²) in [6.07, 6.45) is 1.34. The van der Waals surface area contributed by atoms with E-state index in [1.165, 1.54) is 0 Å². The molecule has 2 rings (SSSR count). The van der Waals surface area contributed by atoms with E-state index in [-0.39, 0.29) is 18.4 Å². The van der Waals surface area contributed by atoms with Crippen LogP contribution in [0.5, 0.6) is 5.75 Å². The van der Waals surface area contributed by atoms with Crippen LogP contribution in [0.4, 0.5) is 0 Å². The molecular formula is C19H28N2O3. The minimum absolute atomic E-state index is 0.0129. The van der Waals surface area contributed by atoms with Gasteiger partial charge in [0.25, 0.3) is 5.91 Å². The van der Waals surface area contributed by atoms with Crippen molar-refractivity contribution in [3.63, 3.8) is 0 Å². The maximum absolute atomic E-state index is 12.5. The second-order valence-electron chi connectivity index (χ2n) is 6.41. The van der Waals surface area contributed by atoms with Crippen LogP contribution in [-0.2, 0) is 9.59 Å². The molecule has 2 amide bonds. The predicted molar refractivity (Wildman–Crippen MR) is 94.2 cm³/mol. The molecule has 0 atom stereocenters. The molecule has 0 bridgehead atoms. The maximum atomic E-state index is 12.5. The number of benzene rings is 1. The molecule has 1 saturated heterocycles. The Bertz CT molecular complexity index is 613. The van der Waals surface area contributed by atoms with Gasteiger partial charge >= 0.3 is 0 Å². The number of amides is 2. The van der Waals surface area contributed by atoms with Crippen molar-refractivity contribution in [2.24, 2.45) is 0 Å². The Morgan fingerprint density at radius 1 is 0.958 bits per heavy atom. The Morgan fingerprint density at radius 3 is 2.17 bits per heavy atom. The van der Waals surface area contributed by atoms with Gasteiger partial charge in [-0.2, -0.15) is 0 Å². The number of rotatable bonds is 4. The van der Waals surface area contributed by atoms with Crippen molar-refractivity contribution in [1.29, 1.82) is 0 Å². The van der Waals surface area contributed by atoms with E-state index >= 15 is 0 Å². The lowest BCUT2D eigenvalue weighted by Gasteiger charge is -2.22. The Kier molecular flexibility index (Phi) is 6.23. The molecule has 132 valence electrons. The number of carbonyl (C=O) groups is 2. The third-order valence-corrected chi connectivity index (χ3v) is 4.72. The first-order valence-corrected chi connectivity index (χ1v) is 8.69. The van der Waals surface area contributed by atoms with Crippen molar-refractivity contribution in [2.75, 3.05) is 32.8 Å². The number of hydrogen-bond acceptors (Lipinski definition) is 3. The van der Waals surface area contributed by atoms with Gasteiger partial charge in [-0.25, -0.2) is 0 Å². The third-order valence-electron chi connectivity index (χ3n) is 4.72. The molecular weight excluding hydrogens is 304 g/mol. The fraction of sp³-hybridized carbons (Fsp3) is 0.579. The SMILES string of the molecule is CCC(=O)N1CCCN(C(=O)COc2c(C)ccc(C)c2C)CC1. The monoisotopic (exact) mass is 332 g/mol. The van der Waals surface area contributed by atoms with Gasteiger partial charge in [-0.05, 0) is 43.9 Å². The zero-order chi connectivity index (χ0) is 17.7. The number of aryl methyl sites for hydroxylation is 2. The Hall–Kier alpha value is -2.04. The largest absolute Gasteiger partial charge is 0.483 e.